The molecule has 3 heteroatoms. The minimum atomic E-state index is 0.639. The van der Waals surface area contributed by atoms with Crippen molar-refractivity contribution in [2.75, 3.05) is 39.8 Å². The van der Waals surface area contributed by atoms with Crippen molar-refractivity contribution in [3.05, 3.63) is 0 Å². The molecule has 1 saturated carbocycles. The number of nitrogens with one attached hydrogen (secondary N) is 1. The maximum Gasteiger partial charge on any atom is 0.0113 e. The highest BCUT2D eigenvalue weighted by atomic mass is 15.3. The largest absolute Gasteiger partial charge is 0.314 e. The van der Waals surface area contributed by atoms with Crippen molar-refractivity contribution < 1.29 is 0 Å². The molecular weight excluding hydrogens is 222 g/mol. The molecule has 2 aliphatic rings. The third-order valence-corrected chi connectivity index (χ3v) is 4.69. The van der Waals surface area contributed by atoms with Gasteiger partial charge in [-0.3, -0.25) is 4.90 Å². The van der Waals surface area contributed by atoms with Gasteiger partial charge in [-0.15, -0.1) is 0 Å². The molecule has 2 rings (SSSR count). The Morgan fingerprint density at radius 3 is 2.17 bits per heavy atom. The van der Waals surface area contributed by atoms with Crippen molar-refractivity contribution in [3.63, 3.8) is 0 Å². The first kappa shape index (κ1) is 14.3. The second kappa shape index (κ2) is 6.88. The summed E-state index contributed by atoms with van der Waals surface area (Å²) < 4.78 is 0. The number of nitrogens with zero attached hydrogens (tertiary/aromatic N) is 2. The topological polar surface area (TPSA) is 18.5 Å². The molecule has 2 fully saturated rings. The van der Waals surface area contributed by atoms with Crippen LogP contribution in [0.3, 0.4) is 0 Å². The van der Waals surface area contributed by atoms with Crippen LogP contribution in [0, 0.1) is 5.92 Å². The van der Waals surface area contributed by atoms with Crippen LogP contribution >= 0.6 is 0 Å². The normalized spacial score (nSPS) is 32.0. The number of rotatable bonds is 4. The number of hydrogen-bond donors (Lipinski definition) is 1. The first-order chi connectivity index (χ1) is 8.65. The van der Waals surface area contributed by atoms with Crippen LogP contribution in [0.4, 0.5) is 0 Å². The van der Waals surface area contributed by atoms with Crippen LogP contribution in [-0.4, -0.2) is 61.7 Å². The summed E-state index contributed by atoms with van der Waals surface area (Å²) in [5.41, 5.74) is 0. The van der Waals surface area contributed by atoms with Crippen molar-refractivity contribution in [3.8, 4) is 0 Å². The van der Waals surface area contributed by atoms with E-state index in [0.29, 0.717) is 6.04 Å². The van der Waals surface area contributed by atoms with E-state index in [0.717, 1.165) is 12.0 Å². The van der Waals surface area contributed by atoms with Crippen LogP contribution in [-0.2, 0) is 0 Å². The second-order valence-corrected chi connectivity index (χ2v) is 6.58. The molecule has 0 bridgehead atoms. The zero-order chi connectivity index (χ0) is 13.0. The van der Waals surface area contributed by atoms with Gasteiger partial charge in [0.2, 0.25) is 0 Å². The van der Waals surface area contributed by atoms with Gasteiger partial charge in [0.25, 0.3) is 0 Å². The Bertz CT molecular complexity index is 226. The molecule has 3 nitrogen and oxygen atoms in total. The zero-order valence-electron chi connectivity index (χ0n) is 12.5. The monoisotopic (exact) mass is 253 g/mol. The molecule has 0 aromatic rings. The predicted molar refractivity (Wildman–Crippen MR) is 78.0 cm³/mol. The standard InChI is InChI=1S/C15H31N3/c1-13(2)16-12-14-4-6-15(7-5-14)18-10-8-17(3)9-11-18/h13-16H,4-12H2,1-3H3/t14-,15-. The van der Waals surface area contributed by atoms with Crippen molar-refractivity contribution >= 4 is 0 Å². The summed E-state index contributed by atoms with van der Waals surface area (Å²) in [7, 11) is 2.24. The summed E-state index contributed by atoms with van der Waals surface area (Å²) in [6, 6.07) is 1.52. The fourth-order valence-electron chi connectivity index (χ4n) is 3.30. The van der Waals surface area contributed by atoms with Gasteiger partial charge in [0.1, 0.15) is 0 Å². The van der Waals surface area contributed by atoms with Crippen LogP contribution in [0.5, 0.6) is 0 Å². The molecule has 0 unspecified atom stereocenters. The molecule has 1 aliphatic heterocycles. The summed E-state index contributed by atoms with van der Waals surface area (Å²) in [5, 5.41) is 3.60. The molecule has 0 aromatic heterocycles. The van der Waals surface area contributed by atoms with Gasteiger partial charge in [0.05, 0.1) is 0 Å². The Balaban J connectivity index is 1.67. The van der Waals surface area contributed by atoms with Crippen molar-refractivity contribution in [2.45, 2.75) is 51.6 Å². The Kier molecular flexibility index (Phi) is 5.46. The van der Waals surface area contributed by atoms with E-state index in [1.165, 1.54) is 58.4 Å². The molecule has 106 valence electrons. The van der Waals surface area contributed by atoms with Gasteiger partial charge in [0.15, 0.2) is 0 Å². The molecule has 18 heavy (non-hydrogen) atoms. The van der Waals surface area contributed by atoms with Crippen LogP contribution < -0.4 is 5.32 Å². The summed E-state index contributed by atoms with van der Waals surface area (Å²) in [6.45, 7) is 10.8. The highest BCUT2D eigenvalue weighted by Gasteiger charge is 2.27. The lowest BCUT2D eigenvalue weighted by atomic mass is 9.85. The number of likely N-dealkylation sites (N-methyl/N-ethyl adjacent to an activating group) is 1. The molecule has 0 atom stereocenters. The lowest BCUT2D eigenvalue weighted by Crippen LogP contribution is -2.50. The van der Waals surface area contributed by atoms with Gasteiger partial charge in [0, 0.05) is 38.3 Å². The predicted octanol–water partition coefficient (Wildman–Crippen LogP) is 1.79. The van der Waals surface area contributed by atoms with E-state index >= 15 is 0 Å². The molecule has 1 N–H and O–H groups in total. The summed E-state index contributed by atoms with van der Waals surface area (Å²) in [4.78, 5) is 5.20. The minimum absolute atomic E-state index is 0.639. The van der Waals surface area contributed by atoms with E-state index < -0.39 is 0 Å². The molecule has 1 aliphatic carbocycles. The van der Waals surface area contributed by atoms with Gasteiger partial charge in [-0.2, -0.15) is 0 Å². The average Bonchev–Trinajstić information content (AvgIpc) is 2.38. The van der Waals surface area contributed by atoms with Gasteiger partial charge in [-0.1, -0.05) is 13.8 Å². The third-order valence-electron chi connectivity index (χ3n) is 4.69. The maximum absolute atomic E-state index is 3.60. The van der Waals surface area contributed by atoms with Crippen molar-refractivity contribution in [1.82, 2.24) is 15.1 Å². The van der Waals surface area contributed by atoms with Gasteiger partial charge < -0.3 is 10.2 Å². The maximum atomic E-state index is 3.60. The molecule has 0 radical (unpaired) electrons. The molecule has 1 saturated heterocycles. The Morgan fingerprint density at radius 1 is 1.00 bits per heavy atom. The summed E-state index contributed by atoms with van der Waals surface area (Å²) >= 11 is 0. The van der Waals surface area contributed by atoms with E-state index in [1.54, 1.807) is 0 Å². The Morgan fingerprint density at radius 2 is 1.61 bits per heavy atom. The van der Waals surface area contributed by atoms with E-state index in [2.05, 4.69) is 36.0 Å². The van der Waals surface area contributed by atoms with E-state index in [1.807, 2.05) is 0 Å². The fourth-order valence-corrected chi connectivity index (χ4v) is 3.30. The molecule has 0 spiro atoms. The van der Waals surface area contributed by atoms with Crippen LogP contribution in [0.1, 0.15) is 39.5 Å². The summed E-state index contributed by atoms with van der Waals surface area (Å²) in [6.07, 6.45) is 5.70. The summed E-state index contributed by atoms with van der Waals surface area (Å²) in [5.74, 6) is 0.927. The molecular formula is C15H31N3. The lowest BCUT2D eigenvalue weighted by Gasteiger charge is -2.41. The van der Waals surface area contributed by atoms with Gasteiger partial charge in [-0.05, 0) is 45.2 Å². The number of piperazine rings is 1. The average molecular weight is 253 g/mol. The lowest BCUT2D eigenvalue weighted by molar-refractivity contribution is 0.0810. The first-order valence-electron chi connectivity index (χ1n) is 7.81. The third kappa shape index (κ3) is 4.22. The van der Waals surface area contributed by atoms with Crippen LogP contribution in [0.15, 0.2) is 0 Å². The highest BCUT2D eigenvalue weighted by molar-refractivity contribution is 4.83. The Hall–Kier alpha value is -0.120. The highest BCUT2D eigenvalue weighted by Crippen LogP contribution is 2.27. The van der Waals surface area contributed by atoms with Crippen LogP contribution in [0.2, 0.25) is 0 Å². The fraction of sp³-hybridized carbons (Fsp3) is 1.00. The second-order valence-electron chi connectivity index (χ2n) is 6.58. The minimum Gasteiger partial charge on any atom is -0.314 e. The van der Waals surface area contributed by atoms with E-state index in [-0.39, 0.29) is 0 Å². The van der Waals surface area contributed by atoms with Crippen LogP contribution in [0.25, 0.3) is 0 Å². The zero-order valence-corrected chi connectivity index (χ0v) is 12.5. The van der Waals surface area contributed by atoms with Gasteiger partial charge >= 0.3 is 0 Å². The number of hydrogen-bond acceptors (Lipinski definition) is 3. The SMILES string of the molecule is CC(C)NC[C@H]1CC[C@H](N2CCN(C)CC2)CC1. The molecule has 1 heterocycles. The smallest absolute Gasteiger partial charge is 0.0113 e. The van der Waals surface area contributed by atoms with Crippen molar-refractivity contribution in [2.24, 2.45) is 5.92 Å². The molecule has 0 aromatic carbocycles. The van der Waals surface area contributed by atoms with E-state index in [4.69, 9.17) is 0 Å². The quantitative estimate of drug-likeness (QED) is 0.824. The molecule has 0 amide bonds. The first-order valence-corrected chi connectivity index (χ1v) is 7.81. The Labute approximate surface area is 113 Å². The van der Waals surface area contributed by atoms with E-state index in [9.17, 15) is 0 Å². The van der Waals surface area contributed by atoms with Crippen molar-refractivity contribution in [1.29, 1.82) is 0 Å². The van der Waals surface area contributed by atoms with Gasteiger partial charge in [-0.25, -0.2) is 0 Å².